The zero-order chi connectivity index (χ0) is 9.40. The molecule has 1 atom stereocenters. The van der Waals surface area contributed by atoms with Crippen molar-refractivity contribution in [2.75, 3.05) is 20.1 Å². The second-order valence-corrected chi connectivity index (χ2v) is 4.01. The molecule has 0 aromatic heterocycles. The Balaban J connectivity index is 3.33. The molecule has 0 aromatic carbocycles. The molecule has 0 radical (unpaired) electrons. The SMILES string of the molecule is CCCCN(C)CC(C)CCC. The van der Waals surface area contributed by atoms with E-state index < -0.39 is 0 Å². The number of unbranched alkanes of at least 4 members (excludes halogenated alkanes) is 1. The first kappa shape index (κ1) is 12.0. The van der Waals surface area contributed by atoms with Gasteiger partial charge >= 0.3 is 0 Å². The molecule has 12 heavy (non-hydrogen) atoms. The summed E-state index contributed by atoms with van der Waals surface area (Å²) < 4.78 is 0. The average molecular weight is 171 g/mol. The lowest BCUT2D eigenvalue weighted by Crippen LogP contribution is -2.25. The molecule has 0 heterocycles. The number of hydrogen-bond donors (Lipinski definition) is 0. The largest absolute Gasteiger partial charge is 0.306 e. The van der Waals surface area contributed by atoms with Crippen LogP contribution in [0.3, 0.4) is 0 Å². The van der Waals surface area contributed by atoms with Crippen molar-refractivity contribution in [3.63, 3.8) is 0 Å². The number of nitrogens with zero attached hydrogens (tertiary/aromatic N) is 1. The van der Waals surface area contributed by atoms with Gasteiger partial charge in [-0.1, -0.05) is 33.6 Å². The van der Waals surface area contributed by atoms with E-state index in [-0.39, 0.29) is 0 Å². The quantitative estimate of drug-likeness (QED) is 0.569. The lowest BCUT2D eigenvalue weighted by atomic mass is 10.1. The fourth-order valence-corrected chi connectivity index (χ4v) is 1.64. The smallest absolute Gasteiger partial charge is 0.000397 e. The van der Waals surface area contributed by atoms with Crippen LogP contribution in [0.2, 0.25) is 0 Å². The summed E-state index contributed by atoms with van der Waals surface area (Å²) in [7, 11) is 2.24. The van der Waals surface area contributed by atoms with Crippen LogP contribution in [0.25, 0.3) is 0 Å². The molecule has 1 unspecified atom stereocenters. The van der Waals surface area contributed by atoms with E-state index in [4.69, 9.17) is 0 Å². The Morgan fingerprint density at radius 3 is 2.33 bits per heavy atom. The third-order valence-corrected chi connectivity index (χ3v) is 2.30. The van der Waals surface area contributed by atoms with E-state index in [1.807, 2.05) is 0 Å². The van der Waals surface area contributed by atoms with Crippen molar-refractivity contribution in [3.05, 3.63) is 0 Å². The molecule has 1 heteroatoms. The summed E-state index contributed by atoms with van der Waals surface area (Å²) in [6, 6.07) is 0. The Morgan fingerprint density at radius 2 is 1.83 bits per heavy atom. The molecule has 1 nitrogen and oxygen atoms in total. The van der Waals surface area contributed by atoms with Gasteiger partial charge in [0.15, 0.2) is 0 Å². The van der Waals surface area contributed by atoms with Gasteiger partial charge in [0.25, 0.3) is 0 Å². The summed E-state index contributed by atoms with van der Waals surface area (Å²) in [6.45, 7) is 9.41. The molecule has 74 valence electrons. The van der Waals surface area contributed by atoms with E-state index >= 15 is 0 Å². The molecule has 0 saturated heterocycles. The van der Waals surface area contributed by atoms with Crippen LogP contribution in [0.4, 0.5) is 0 Å². The minimum absolute atomic E-state index is 0.872. The second-order valence-electron chi connectivity index (χ2n) is 4.01. The van der Waals surface area contributed by atoms with Crippen molar-refractivity contribution in [1.29, 1.82) is 0 Å². The fraction of sp³-hybridized carbons (Fsp3) is 1.00. The highest BCUT2D eigenvalue weighted by Gasteiger charge is 2.04. The zero-order valence-corrected chi connectivity index (χ0v) is 9.27. The predicted molar refractivity (Wildman–Crippen MR) is 56.5 cm³/mol. The lowest BCUT2D eigenvalue weighted by Gasteiger charge is -2.20. The lowest BCUT2D eigenvalue weighted by molar-refractivity contribution is 0.273. The van der Waals surface area contributed by atoms with Crippen molar-refractivity contribution in [2.45, 2.75) is 46.5 Å². The third-order valence-electron chi connectivity index (χ3n) is 2.30. The van der Waals surface area contributed by atoms with Crippen molar-refractivity contribution >= 4 is 0 Å². The van der Waals surface area contributed by atoms with Crippen molar-refractivity contribution in [3.8, 4) is 0 Å². The molecule has 0 aliphatic heterocycles. The van der Waals surface area contributed by atoms with Crippen molar-refractivity contribution < 1.29 is 0 Å². The van der Waals surface area contributed by atoms with Crippen LogP contribution in [0.5, 0.6) is 0 Å². The Hall–Kier alpha value is -0.0400. The molecule has 0 rings (SSSR count). The summed E-state index contributed by atoms with van der Waals surface area (Å²) in [6.07, 6.45) is 5.35. The topological polar surface area (TPSA) is 3.24 Å². The van der Waals surface area contributed by atoms with Crippen LogP contribution < -0.4 is 0 Å². The molecule has 0 amide bonds. The van der Waals surface area contributed by atoms with E-state index in [1.165, 1.54) is 38.8 Å². The van der Waals surface area contributed by atoms with Gasteiger partial charge in [-0.3, -0.25) is 0 Å². The summed E-state index contributed by atoms with van der Waals surface area (Å²) >= 11 is 0. The molecule has 0 N–H and O–H groups in total. The Morgan fingerprint density at radius 1 is 1.17 bits per heavy atom. The van der Waals surface area contributed by atoms with E-state index in [0.717, 1.165) is 5.92 Å². The van der Waals surface area contributed by atoms with Gasteiger partial charge in [-0.25, -0.2) is 0 Å². The van der Waals surface area contributed by atoms with Gasteiger partial charge in [0.2, 0.25) is 0 Å². The maximum Gasteiger partial charge on any atom is 0.000397 e. The van der Waals surface area contributed by atoms with Crippen molar-refractivity contribution in [2.24, 2.45) is 5.92 Å². The van der Waals surface area contributed by atoms with Crippen LogP contribution in [0.15, 0.2) is 0 Å². The van der Waals surface area contributed by atoms with Gasteiger partial charge in [-0.2, -0.15) is 0 Å². The molecule has 0 spiro atoms. The molecular formula is C11H25N. The molecule has 0 aliphatic rings. The first-order valence-electron chi connectivity index (χ1n) is 5.39. The molecule has 0 fully saturated rings. The highest BCUT2D eigenvalue weighted by Crippen LogP contribution is 2.06. The van der Waals surface area contributed by atoms with E-state index in [1.54, 1.807) is 0 Å². The summed E-state index contributed by atoms with van der Waals surface area (Å²) in [4.78, 5) is 2.46. The zero-order valence-electron chi connectivity index (χ0n) is 9.27. The Bertz CT molecular complexity index is 91.0. The van der Waals surface area contributed by atoms with Crippen LogP contribution in [0.1, 0.15) is 46.5 Å². The summed E-state index contributed by atoms with van der Waals surface area (Å²) in [5.74, 6) is 0.872. The Labute approximate surface area is 78.1 Å². The van der Waals surface area contributed by atoms with E-state index in [0.29, 0.717) is 0 Å². The maximum atomic E-state index is 2.46. The van der Waals surface area contributed by atoms with Crippen LogP contribution in [-0.4, -0.2) is 25.0 Å². The van der Waals surface area contributed by atoms with E-state index in [9.17, 15) is 0 Å². The average Bonchev–Trinajstić information content (AvgIpc) is 2.01. The first-order chi connectivity index (χ1) is 5.70. The minimum atomic E-state index is 0.872. The van der Waals surface area contributed by atoms with Gasteiger partial charge < -0.3 is 4.90 Å². The number of rotatable bonds is 7. The third kappa shape index (κ3) is 6.66. The monoisotopic (exact) mass is 171 g/mol. The fourth-order valence-electron chi connectivity index (χ4n) is 1.64. The highest BCUT2D eigenvalue weighted by atomic mass is 15.1. The molecule has 0 aromatic rings. The standard InChI is InChI=1S/C11H25N/c1-5-7-9-12(4)10-11(3)8-6-2/h11H,5-10H2,1-4H3. The predicted octanol–water partition coefficient (Wildman–Crippen LogP) is 3.15. The van der Waals surface area contributed by atoms with Crippen molar-refractivity contribution in [1.82, 2.24) is 4.90 Å². The summed E-state index contributed by atoms with van der Waals surface area (Å²) in [5, 5.41) is 0. The summed E-state index contributed by atoms with van der Waals surface area (Å²) in [5.41, 5.74) is 0. The molecular weight excluding hydrogens is 146 g/mol. The minimum Gasteiger partial charge on any atom is -0.306 e. The first-order valence-corrected chi connectivity index (χ1v) is 5.39. The van der Waals surface area contributed by atoms with Gasteiger partial charge in [0.05, 0.1) is 0 Å². The van der Waals surface area contributed by atoms with Gasteiger partial charge in [0.1, 0.15) is 0 Å². The molecule has 0 bridgehead atoms. The highest BCUT2D eigenvalue weighted by molar-refractivity contribution is 4.58. The maximum absolute atomic E-state index is 2.46. The van der Waals surface area contributed by atoms with Crippen LogP contribution >= 0.6 is 0 Å². The van der Waals surface area contributed by atoms with Gasteiger partial charge in [0, 0.05) is 6.54 Å². The number of hydrogen-bond acceptors (Lipinski definition) is 1. The van der Waals surface area contributed by atoms with Gasteiger partial charge in [-0.15, -0.1) is 0 Å². The second kappa shape index (κ2) is 7.60. The molecule has 0 saturated carbocycles. The molecule has 0 aliphatic carbocycles. The van der Waals surface area contributed by atoms with Crippen LogP contribution in [0, 0.1) is 5.92 Å². The normalized spacial score (nSPS) is 13.8. The van der Waals surface area contributed by atoms with E-state index in [2.05, 4.69) is 32.7 Å². The Kier molecular flexibility index (Phi) is 7.58. The van der Waals surface area contributed by atoms with Crippen LogP contribution in [-0.2, 0) is 0 Å². The van der Waals surface area contributed by atoms with Gasteiger partial charge in [-0.05, 0) is 32.4 Å².